The van der Waals surface area contributed by atoms with Gasteiger partial charge in [-0.15, -0.1) is 0 Å². The van der Waals surface area contributed by atoms with Gasteiger partial charge in [0, 0.05) is 18.1 Å². The second-order valence-electron chi connectivity index (χ2n) is 3.92. The van der Waals surface area contributed by atoms with Crippen molar-refractivity contribution >= 4 is 27.3 Å². The Morgan fingerprint density at radius 1 is 1.11 bits per heavy atom. The van der Waals surface area contributed by atoms with Crippen LogP contribution in [0.15, 0.2) is 42.5 Å². The molecule has 1 nitrogen and oxygen atoms in total. The van der Waals surface area contributed by atoms with Gasteiger partial charge in [0.2, 0.25) is 0 Å². The minimum Gasteiger partial charge on any atom is -0.342 e. The Morgan fingerprint density at radius 3 is 2.50 bits per heavy atom. The number of anilines is 2. The Balaban J connectivity index is 2.48. The van der Waals surface area contributed by atoms with Gasteiger partial charge in [0.25, 0.3) is 0 Å². The fourth-order valence-corrected chi connectivity index (χ4v) is 2.31. The van der Waals surface area contributed by atoms with Gasteiger partial charge in [0.15, 0.2) is 0 Å². The van der Waals surface area contributed by atoms with E-state index in [9.17, 15) is 8.78 Å². The third-order valence-corrected chi connectivity index (χ3v) is 3.35. The highest BCUT2D eigenvalue weighted by Gasteiger charge is 2.14. The lowest BCUT2D eigenvalue weighted by atomic mass is 10.1. The van der Waals surface area contributed by atoms with Crippen molar-refractivity contribution in [1.29, 1.82) is 0 Å². The average molecular weight is 312 g/mol. The van der Waals surface area contributed by atoms with Crippen LogP contribution in [0.3, 0.4) is 0 Å². The molecule has 0 aromatic heterocycles. The van der Waals surface area contributed by atoms with E-state index in [4.69, 9.17) is 0 Å². The van der Waals surface area contributed by atoms with E-state index in [0.29, 0.717) is 16.7 Å². The molecule has 0 radical (unpaired) electrons. The van der Waals surface area contributed by atoms with Gasteiger partial charge in [-0.3, -0.25) is 0 Å². The van der Waals surface area contributed by atoms with Crippen molar-refractivity contribution in [1.82, 2.24) is 0 Å². The van der Waals surface area contributed by atoms with Crippen LogP contribution in [-0.2, 0) is 5.33 Å². The predicted octanol–water partition coefficient (Wildman–Crippen LogP) is 4.63. The number of halogens is 3. The molecule has 0 aliphatic carbocycles. The Labute approximate surface area is 113 Å². The molecule has 0 atom stereocenters. The van der Waals surface area contributed by atoms with Crippen LogP contribution in [0.5, 0.6) is 0 Å². The van der Waals surface area contributed by atoms with E-state index in [2.05, 4.69) is 15.9 Å². The van der Waals surface area contributed by atoms with Crippen molar-refractivity contribution < 1.29 is 8.78 Å². The van der Waals surface area contributed by atoms with Gasteiger partial charge in [-0.2, -0.15) is 0 Å². The number of benzene rings is 2. The highest BCUT2D eigenvalue weighted by atomic mass is 79.9. The lowest BCUT2D eigenvalue weighted by molar-refractivity contribution is 0.622. The molecule has 0 bridgehead atoms. The highest BCUT2D eigenvalue weighted by molar-refractivity contribution is 9.08. The van der Waals surface area contributed by atoms with Crippen molar-refractivity contribution in [3.63, 3.8) is 0 Å². The molecule has 18 heavy (non-hydrogen) atoms. The summed E-state index contributed by atoms with van der Waals surface area (Å²) in [6.07, 6.45) is 0. The molecule has 0 aliphatic heterocycles. The highest BCUT2D eigenvalue weighted by Crippen LogP contribution is 2.31. The molecule has 0 saturated carbocycles. The Bertz CT molecular complexity index is 557. The molecule has 2 rings (SSSR count). The van der Waals surface area contributed by atoms with Crippen LogP contribution in [0.4, 0.5) is 20.2 Å². The molecule has 0 unspecified atom stereocenters. The first-order valence-corrected chi connectivity index (χ1v) is 6.58. The molecule has 0 N–H and O–H groups in total. The molecule has 94 valence electrons. The van der Waals surface area contributed by atoms with Gasteiger partial charge in [-0.25, -0.2) is 8.78 Å². The second kappa shape index (κ2) is 5.48. The minimum atomic E-state index is -0.337. The summed E-state index contributed by atoms with van der Waals surface area (Å²) in [5.74, 6) is -0.658. The topological polar surface area (TPSA) is 3.24 Å². The van der Waals surface area contributed by atoms with Crippen molar-refractivity contribution in [2.24, 2.45) is 0 Å². The number of para-hydroxylation sites is 1. The standard InChI is InChI=1S/C14H12BrF2N/c1-18(12-6-3-5-11(16)8-12)14-10(9-15)4-2-7-13(14)17/h2-8H,9H2,1H3. The van der Waals surface area contributed by atoms with Crippen LogP contribution in [-0.4, -0.2) is 7.05 Å². The minimum absolute atomic E-state index is 0.321. The van der Waals surface area contributed by atoms with Crippen molar-refractivity contribution in [2.75, 3.05) is 11.9 Å². The van der Waals surface area contributed by atoms with Crippen LogP contribution in [0.2, 0.25) is 0 Å². The quantitative estimate of drug-likeness (QED) is 0.747. The van der Waals surface area contributed by atoms with E-state index in [-0.39, 0.29) is 11.6 Å². The van der Waals surface area contributed by atoms with Crippen LogP contribution in [0.1, 0.15) is 5.56 Å². The van der Waals surface area contributed by atoms with Gasteiger partial charge >= 0.3 is 0 Å². The molecule has 0 heterocycles. The van der Waals surface area contributed by atoms with Crippen molar-refractivity contribution in [3.05, 3.63) is 59.7 Å². The van der Waals surface area contributed by atoms with Gasteiger partial charge in [-0.05, 0) is 29.8 Å². The largest absolute Gasteiger partial charge is 0.342 e. The van der Waals surface area contributed by atoms with E-state index in [1.807, 2.05) is 6.07 Å². The van der Waals surface area contributed by atoms with E-state index in [1.54, 1.807) is 30.1 Å². The predicted molar refractivity (Wildman–Crippen MR) is 73.5 cm³/mol. The lowest BCUT2D eigenvalue weighted by Crippen LogP contribution is -2.13. The third-order valence-electron chi connectivity index (χ3n) is 2.75. The summed E-state index contributed by atoms with van der Waals surface area (Å²) >= 11 is 3.33. The molecule has 2 aromatic carbocycles. The maximum absolute atomic E-state index is 13.9. The van der Waals surface area contributed by atoms with Crippen molar-refractivity contribution in [2.45, 2.75) is 5.33 Å². The molecule has 0 amide bonds. The Hall–Kier alpha value is -1.42. The van der Waals surface area contributed by atoms with E-state index in [1.165, 1.54) is 18.2 Å². The third kappa shape index (κ3) is 2.53. The monoisotopic (exact) mass is 311 g/mol. The molecule has 4 heteroatoms. The summed E-state index contributed by atoms with van der Waals surface area (Å²) in [6.45, 7) is 0. The molecule has 0 spiro atoms. The molecule has 0 saturated heterocycles. The van der Waals surface area contributed by atoms with Crippen molar-refractivity contribution in [3.8, 4) is 0 Å². The lowest BCUT2D eigenvalue weighted by Gasteiger charge is -2.22. The number of hydrogen-bond acceptors (Lipinski definition) is 1. The Morgan fingerprint density at radius 2 is 1.83 bits per heavy atom. The van der Waals surface area contributed by atoms with Gasteiger partial charge < -0.3 is 4.90 Å². The number of rotatable bonds is 3. The SMILES string of the molecule is CN(c1cccc(F)c1)c1c(F)cccc1CBr. The smallest absolute Gasteiger partial charge is 0.147 e. The maximum atomic E-state index is 13.9. The van der Waals surface area contributed by atoms with E-state index in [0.717, 1.165) is 5.56 Å². The van der Waals surface area contributed by atoms with Gasteiger partial charge in [0.1, 0.15) is 11.6 Å². The van der Waals surface area contributed by atoms with E-state index >= 15 is 0 Å². The zero-order valence-electron chi connectivity index (χ0n) is 9.83. The van der Waals surface area contributed by atoms with Gasteiger partial charge in [0.05, 0.1) is 5.69 Å². The van der Waals surface area contributed by atoms with Crippen LogP contribution in [0.25, 0.3) is 0 Å². The summed E-state index contributed by atoms with van der Waals surface area (Å²) in [6, 6.07) is 11.0. The summed E-state index contributed by atoms with van der Waals surface area (Å²) in [5.41, 5.74) is 1.89. The number of alkyl halides is 1. The molecular formula is C14H12BrF2N. The molecule has 2 aromatic rings. The maximum Gasteiger partial charge on any atom is 0.147 e. The van der Waals surface area contributed by atoms with Crippen LogP contribution >= 0.6 is 15.9 Å². The first-order valence-electron chi connectivity index (χ1n) is 5.46. The van der Waals surface area contributed by atoms with Crippen LogP contribution < -0.4 is 4.90 Å². The number of hydrogen-bond donors (Lipinski definition) is 0. The van der Waals surface area contributed by atoms with Gasteiger partial charge in [-0.1, -0.05) is 34.1 Å². The molecule has 0 aliphatic rings. The van der Waals surface area contributed by atoms with E-state index < -0.39 is 0 Å². The average Bonchev–Trinajstić information content (AvgIpc) is 2.37. The molecular weight excluding hydrogens is 300 g/mol. The zero-order valence-corrected chi connectivity index (χ0v) is 11.4. The zero-order chi connectivity index (χ0) is 13.1. The summed E-state index contributed by atoms with van der Waals surface area (Å²) in [5, 5.41) is 0.541. The fourth-order valence-electron chi connectivity index (χ4n) is 1.86. The summed E-state index contributed by atoms with van der Waals surface area (Å²) < 4.78 is 27.1. The summed E-state index contributed by atoms with van der Waals surface area (Å²) in [4.78, 5) is 1.65. The molecule has 0 fully saturated rings. The summed E-state index contributed by atoms with van der Waals surface area (Å²) in [7, 11) is 1.72. The fraction of sp³-hybridized carbons (Fsp3) is 0.143. The number of nitrogens with zero attached hydrogens (tertiary/aromatic N) is 1. The normalized spacial score (nSPS) is 10.4. The Kier molecular flexibility index (Phi) is 3.97. The van der Waals surface area contributed by atoms with Crippen LogP contribution in [0, 0.1) is 11.6 Å². The first kappa shape index (κ1) is 13.0. The second-order valence-corrected chi connectivity index (χ2v) is 4.48. The first-order chi connectivity index (χ1) is 8.63.